The van der Waals surface area contributed by atoms with Gasteiger partial charge in [-0.25, -0.2) is 14.0 Å². The van der Waals surface area contributed by atoms with Crippen LogP contribution in [-0.4, -0.2) is 69.0 Å². The normalized spacial score (nSPS) is 14.0. The van der Waals surface area contributed by atoms with Crippen LogP contribution in [0.4, 0.5) is 4.39 Å². The number of carbonyl (C=O) groups is 3. The van der Waals surface area contributed by atoms with Gasteiger partial charge in [-0.2, -0.15) is 0 Å². The van der Waals surface area contributed by atoms with Gasteiger partial charge in [0, 0.05) is 45.1 Å². The molecule has 8 nitrogen and oxygen atoms in total. The van der Waals surface area contributed by atoms with Crippen LogP contribution in [0.2, 0.25) is 0 Å². The lowest BCUT2D eigenvalue weighted by Crippen LogP contribution is -2.48. The second-order valence-electron chi connectivity index (χ2n) is 6.05. The van der Waals surface area contributed by atoms with E-state index in [4.69, 9.17) is 19.8 Å². The maximum Gasteiger partial charge on any atom is 0.414 e. The fraction of sp³-hybridized carbons (Fsp3) is 0.263. The van der Waals surface area contributed by atoms with E-state index in [1.54, 1.807) is 24.5 Å². The first-order chi connectivity index (χ1) is 13.4. The topological polar surface area (TPSA) is 111 Å². The predicted molar refractivity (Wildman–Crippen MR) is 97.1 cm³/mol. The number of rotatable bonds is 3. The minimum Gasteiger partial charge on any atom is -0.473 e. The second-order valence-corrected chi connectivity index (χ2v) is 6.05. The van der Waals surface area contributed by atoms with E-state index >= 15 is 0 Å². The molecule has 0 aliphatic carbocycles. The first kappa shape index (κ1) is 21.0. The standard InChI is InChI=1S/C17H18FN3O.C2H2O4/c18-16-5-3-14(4-6-16)13-20-8-10-21(11-9-20)17(22)15-2-1-7-19-12-15;3-1(4)2(5)6/h1-7,12H,8-11,13H2;(H,3,4)(H,5,6). The van der Waals surface area contributed by atoms with Crippen LogP contribution in [0.15, 0.2) is 48.8 Å². The van der Waals surface area contributed by atoms with E-state index < -0.39 is 11.9 Å². The molecule has 3 rings (SSSR count). The van der Waals surface area contributed by atoms with Crippen molar-refractivity contribution in [3.63, 3.8) is 0 Å². The first-order valence-corrected chi connectivity index (χ1v) is 8.49. The summed E-state index contributed by atoms with van der Waals surface area (Å²) < 4.78 is 12.9. The van der Waals surface area contributed by atoms with Gasteiger partial charge in [-0.05, 0) is 29.8 Å². The minimum absolute atomic E-state index is 0.0366. The summed E-state index contributed by atoms with van der Waals surface area (Å²) in [7, 11) is 0. The summed E-state index contributed by atoms with van der Waals surface area (Å²) in [6.07, 6.45) is 3.27. The van der Waals surface area contributed by atoms with Crippen LogP contribution < -0.4 is 0 Å². The Morgan fingerprint density at radius 2 is 1.57 bits per heavy atom. The van der Waals surface area contributed by atoms with E-state index in [1.165, 1.54) is 12.1 Å². The number of carboxylic acids is 2. The number of aromatic nitrogens is 1. The van der Waals surface area contributed by atoms with Gasteiger partial charge in [0.1, 0.15) is 5.82 Å². The van der Waals surface area contributed by atoms with Gasteiger partial charge in [-0.1, -0.05) is 12.1 Å². The summed E-state index contributed by atoms with van der Waals surface area (Å²) in [4.78, 5) is 38.7. The number of hydrogen-bond acceptors (Lipinski definition) is 5. The van der Waals surface area contributed by atoms with Crippen molar-refractivity contribution in [3.05, 3.63) is 65.7 Å². The molecule has 0 spiro atoms. The van der Waals surface area contributed by atoms with E-state index in [0.717, 1.165) is 25.2 Å². The highest BCUT2D eigenvalue weighted by Crippen LogP contribution is 2.11. The minimum atomic E-state index is -1.82. The van der Waals surface area contributed by atoms with Crippen molar-refractivity contribution in [2.75, 3.05) is 26.2 Å². The Kier molecular flexibility index (Phi) is 7.58. The van der Waals surface area contributed by atoms with Crippen LogP contribution >= 0.6 is 0 Å². The third-order valence-electron chi connectivity index (χ3n) is 4.07. The smallest absolute Gasteiger partial charge is 0.414 e. The molecule has 1 aromatic heterocycles. The molecule has 0 radical (unpaired) electrons. The lowest BCUT2D eigenvalue weighted by Gasteiger charge is -2.34. The SMILES string of the molecule is O=C(O)C(=O)O.O=C(c1cccnc1)N1CCN(Cc2ccc(F)cc2)CC1. The summed E-state index contributed by atoms with van der Waals surface area (Å²) in [5.74, 6) is -3.82. The van der Waals surface area contributed by atoms with Gasteiger partial charge >= 0.3 is 11.9 Å². The Morgan fingerprint density at radius 3 is 2.07 bits per heavy atom. The van der Waals surface area contributed by atoms with E-state index in [0.29, 0.717) is 18.7 Å². The summed E-state index contributed by atoms with van der Waals surface area (Å²) in [5.41, 5.74) is 1.72. The Hall–Kier alpha value is -3.33. The molecule has 2 heterocycles. The van der Waals surface area contributed by atoms with Crippen LogP contribution in [0.1, 0.15) is 15.9 Å². The van der Waals surface area contributed by atoms with Gasteiger partial charge in [0.25, 0.3) is 5.91 Å². The molecule has 2 aromatic rings. The Bertz CT molecular complexity index is 794. The van der Waals surface area contributed by atoms with Crippen molar-refractivity contribution >= 4 is 17.8 Å². The maximum absolute atomic E-state index is 12.9. The van der Waals surface area contributed by atoms with Gasteiger partial charge < -0.3 is 15.1 Å². The lowest BCUT2D eigenvalue weighted by atomic mass is 10.2. The number of aliphatic carboxylic acids is 2. The molecular weight excluding hydrogens is 369 g/mol. The van der Waals surface area contributed by atoms with E-state index in [-0.39, 0.29) is 11.7 Å². The Morgan fingerprint density at radius 1 is 0.964 bits per heavy atom. The summed E-state index contributed by atoms with van der Waals surface area (Å²) >= 11 is 0. The summed E-state index contributed by atoms with van der Waals surface area (Å²) in [5, 5.41) is 14.8. The number of pyridine rings is 1. The van der Waals surface area contributed by atoms with Crippen molar-refractivity contribution in [1.29, 1.82) is 0 Å². The molecule has 2 N–H and O–H groups in total. The summed E-state index contributed by atoms with van der Waals surface area (Å²) in [6.45, 7) is 3.84. The molecule has 0 atom stereocenters. The monoisotopic (exact) mass is 389 g/mol. The molecule has 1 saturated heterocycles. The van der Waals surface area contributed by atoms with Crippen LogP contribution in [0.25, 0.3) is 0 Å². The molecular formula is C19H20FN3O5. The van der Waals surface area contributed by atoms with E-state index in [9.17, 15) is 9.18 Å². The molecule has 148 valence electrons. The highest BCUT2D eigenvalue weighted by atomic mass is 19.1. The number of halogens is 1. The van der Waals surface area contributed by atoms with Crippen molar-refractivity contribution in [3.8, 4) is 0 Å². The molecule has 0 saturated carbocycles. The van der Waals surface area contributed by atoms with Crippen LogP contribution in [0.3, 0.4) is 0 Å². The Labute approximate surface area is 160 Å². The third-order valence-corrected chi connectivity index (χ3v) is 4.07. The van der Waals surface area contributed by atoms with Gasteiger partial charge in [0.2, 0.25) is 0 Å². The zero-order valence-corrected chi connectivity index (χ0v) is 15.0. The molecule has 9 heteroatoms. The molecule has 28 heavy (non-hydrogen) atoms. The summed E-state index contributed by atoms with van der Waals surface area (Å²) in [6, 6.07) is 10.2. The first-order valence-electron chi connectivity index (χ1n) is 8.49. The lowest BCUT2D eigenvalue weighted by molar-refractivity contribution is -0.159. The highest BCUT2D eigenvalue weighted by Gasteiger charge is 2.22. The zero-order chi connectivity index (χ0) is 20.5. The van der Waals surface area contributed by atoms with Crippen LogP contribution in [0, 0.1) is 5.82 Å². The number of piperazine rings is 1. The van der Waals surface area contributed by atoms with E-state index in [1.807, 2.05) is 17.0 Å². The number of carboxylic acid groups (broad SMARTS) is 2. The molecule has 1 aromatic carbocycles. The average Bonchev–Trinajstić information content (AvgIpc) is 2.71. The Balaban J connectivity index is 0.000000409. The van der Waals surface area contributed by atoms with Crippen molar-refractivity contribution in [2.24, 2.45) is 0 Å². The number of hydrogen-bond donors (Lipinski definition) is 2. The fourth-order valence-corrected chi connectivity index (χ4v) is 2.63. The largest absolute Gasteiger partial charge is 0.473 e. The second kappa shape index (κ2) is 10.1. The average molecular weight is 389 g/mol. The molecule has 0 unspecified atom stereocenters. The maximum atomic E-state index is 12.9. The van der Waals surface area contributed by atoms with Crippen molar-refractivity contribution in [1.82, 2.24) is 14.8 Å². The number of benzene rings is 1. The molecule has 1 aliphatic heterocycles. The van der Waals surface area contributed by atoms with Gasteiger partial charge in [-0.3, -0.25) is 14.7 Å². The van der Waals surface area contributed by atoms with Crippen LogP contribution in [-0.2, 0) is 16.1 Å². The third kappa shape index (κ3) is 6.44. The number of carbonyl (C=O) groups excluding carboxylic acids is 1. The number of amides is 1. The van der Waals surface area contributed by atoms with Gasteiger partial charge in [-0.15, -0.1) is 0 Å². The quantitative estimate of drug-likeness (QED) is 0.762. The highest BCUT2D eigenvalue weighted by molar-refractivity contribution is 6.27. The molecule has 1 fully saturated rings. The molecule has 1 aliphatic rings. The molecule has 1 amide bonds. The molecule has 0 bridgehead atoms. The van der Waals surface area contributed by atoms with Gasteiger partial charge in [0.15, 0.2) is 0 Å². The predicted octanol–water partition coefficient (Wildman–Crippen LogP) is 1.33. The van der Waals surface area contributed by atoms with Crippen molar-refractivity contribution < 1.29 is 29.0 Å². The number of nitrogens with zero attached hydrogens (tertiary/aromatic N) is 3. The zero-order valence-electron chi connectivity index (χ0n) is 15.0. The van der Waals surface area contributed by atoms with E-state index in [2.05, 4.69) is 9.88 Å². The van der Waals surface area contributed by atoms with Crippen LogP contribution in [0.5, 0.6) is 0 Å². The fourth-order valence-electron chi connectivity index (χ4n) is 2.63. The van der Waals surface area contributed by atoms with Crippen molar-refractivity contribution in [2.45, 2.75) is 6.54 Å². The van der Waals surface area contributed by atoms with Gasteiger partial charge in [0.05, 0.1) is 5.56 Å².